The standard InChI is InChI=1S/C9H17NO/c1-10-5-2-9(3-6-10)4-7-11-8-9/h2-8H2,1H3. The molecule has 0 aromatic rings. The summed E-state index contributed by atoms with van der Waals surface area (Å²) in [6.45, 7) is 4.57. The molecular formula is C9H17NO. The predicted molar refractivity (Wildman–Crippen MR) is 44.6 cm³/mol. The number of hydrogen-bond donors (Lipinski definition) is 0. The average molecular weight is 155 g/mol. The van der Waals surface area contributed by atoms with Crippen LogP contribution in [0.2, 0.25) is 0 Å². The van der Waals surface area contributed by atoms with Gasteiger partial charge in [-0.15, -0.1) is 0 Å². The minimum Gasteiger partial charge on any atom is -0.381 e. The molecule has 0 saturated carbocycles. The first-order valence-electron chi connectivity index (χ1n) is 4.57. The molecule has 0 aliphatic carbocycles. The Morgan fingerprint density at radius 3 is 2.45 bits per heavy atom. The molecule has 2 heterocycles. The van der Waals surface area contributed by atoms with E-state index in [4.69, 9.17) is 4.74 Å². The van der Waals surface area contributed by atoms with E-state index in [2.05, 4.69) is 11.9 Å². The molecule has 0 aromatic carbocycles. The Morgan fingerprint density at radius 1 is 1.18 bits per heavy atom. The van der Waals surface area contributed by atoms with Crippen LogP contribution < -0.4 is 0 Å². The highest BCUT2D eigenvalue weighted by Crippen LogP contribution is 2.38. The maximum absolute atomic E-state index is 5.45. The van der Waals surface area contributed by atoms with Gasteiger partial charge in [0.25, 0.3) is 0 Å². The Balaban J connectivity index is 1.94. The van der Waals surface area contributed by atoms with Crippen LogP contribution in [0, 0.1) is 5.41 Å². The van der Waals surface area contributed by atoms with Crippen molar-refractivity contribution in [3.05, 3.63) is 0 Å². The predicted octanol–water partition coefficient (Wildman–Crippen LogP) is 1.12. The molecule has 2 nitrogen and oxygen atoms in total. The Morgan fingerprint density at radius 2 is 1.91 bits per heavy atom. The van der Waals surface area contributed by atoms with E-state index in [0.29, 0.717) is 5.41 Å². The second-order valence-electron chi connectivity index (χ2n) is 4.11. The van der Waals surface area contributed by atoms with Crippen molar-refractivity contribution in [2.75, 3.05) is 33.4 Å². The summed E-state index contributed by atoms with van der Waals surface area (Å²) in [5, 5.41) is 0. The summed E-state index contributed by atoms with van der Waals surface area (Å²) in [4.78, 5) is 2.42. The third-order valence-corrected chi connectivity index (χ3v) is 3.23. The Bertz CT molecular complexity index is 130. The fraction of sp³-hybridized carbons (Fsp3) is 1.00. The van der Waals surface area contributed by atoms with Gasteiger partial charge in [0, 0.05) is 6.61 Å². The largest absolute Gasteiger partial charge is 0.381 e. The summed E-state index contributed by atoms with van der Waals surface area (Å²) < 4.78 is 5.45. The van der Waals surface area contributed by atoms with Crippen LogP contribution in [0.4, 0.5) is 0 Å². The number of likely N-dealkylation sites (tertiary alicyclic amines) is 1. The second kappa shape index (κ2) is 2.76. The molecule has 1 spiro atoms. The summed E-state index contributed by atoms with van der Waals surface area (Å²) in [5.74, 6) is 0. The molecular weight excluding hydrogens is 138 g/mol. The zero-order chi connectivity index (χ0) is 7.73. The molecule has 0 amide bonds. The van der Waals surface area contributed by atoms with Crippen molar-refractivity contribution in [2.24, 2.45) is 5.41 Å². The van der Waals surface area contributed by atoms with Gasteiger partial charge in [-0.1, -0.05) is 0 Å². The first-order valence-corrected chi connectivity index (χ1v) is 4.57. The highest BCUT2D eigenvalue weighted by molar-refractivity contribution is 4.87. The van der Waals surface area contributed by atoms with Gasteiger partial charge in [-0.25, -0.2) is 0 Å². The van der Waals surface area contributed by atoms with E-state index in [1.807, 2.05) is 0 Å². The topological polar surface area (TPSA) is 12.5 Å². The highest BCUT2D eigenvalue weighted by atomic mass is 16.5. The first-order chi connectivity index (χ1) is 5.31. The van der Waals surface area contributed by atoms with Crippen LogP contribution in [-0.4, -0.2) is 38.3 Å². The van der Waals surface area contributed by atoms with Gasteiger partial charge in [0.1, 0.15) is 0 Å². The van der Waals surface area contributed by atoms with E-state index in [9.17, 15) is 0 Å². The fourth-order valence-corrected chi connectivity index (χ4v) is 2.14. The number of piperidine rings is 1. The lowest BCUT2D eigenvalue weighted by molar-refractivity contribution is 0.0921. The third-order valence-electron chi connectivity index (χ3n) is 3.23. The maximum Gasteiger partial charge on any atom is 0.0524 e. The quantitative estimate of drug-likeness (QED) is 0.520. The normalized spacial score (nSPS) is 31.4. The van der Waals surface area contributed by atoms with Crippen LogP contribution in [-0.2, 0) is 4.74 Å². The van der Waals surface area contributed by atoms with E-state index in [-0.39, 0.29) is 0 Å². The van der Waals surface area contributed by atoms with Gasteiger partial charge in [0.05, 0.1) is 6.61 Å². The molecule has 0 N–H and O–H groups in total. The molecule has 2 aliphatic heterocycles. The second-order valence-corrected chi connectivity index (χ2v) is 4.11. The maximum atomic E-state index is 5.45. The summed E-state index contributed by atoms with van der Waals surface area (Å²) in [6, 6.07) is 0. The Hall–Kier alpha value is -0.0800. The molecule has 2 aliphatic rings. The molecule has 2 heteroatoms. The highest BCUT2D eigenvalue weighted by Gasteiger charge is 2.36. The smallest absolute Gasteiger partial charge is 0.0524 e. The van der Waals surface area contributed by atoms with Crippen LogP contribution in [0.5, 0.6) is 0 Å². The lowest BCUT2D eigenvalue weighted by Gasteiger charge is -2.36. The van der Waals surface area contributed by atoms with E-state index in [1.54, 1.807) is 0 Å². The van der Waals surface area contributed by atoms with Crippen molar-refractivity contribution >= 4 is 0 Å². The van der Waals surface area contributed by atoms with Crippen molar-refractivity contribution < 1.29 is 4.74 Å². The third kappa shape index (κ3) is 1.42. The zero-order valence-electron chi connectivity index (χ0n) is 7.31. The van der Waals surface area contributed by atoms with Crippen LogP contribution in [0.15, 0.2) is 0 Å². The van der Waals surface area contributed by atoms with Gasteiger partial charge in [0.2, 0.25) is 0 Å². The minimum atomic E-state index is 0.590. The van der Waals surface area contributed by atoms with Gasteiger partial charge < -0.3 is 9.64 Å². The van der Waals surface area contributed by atoms with E-state index >= 15 is 0 Å². The molecule has 0 radical (unpaired) electrons. The summed E-state index contributed by atoms with van der Waals surface area (Å²) in [6.07, 6.45) is 4.01. The molecule has 2 saturated heterocycles. The van der Waals surface area contributed by atoms with Crippen molar-refractivity contribution in [3.63, 3.8) is 0 Å². The molecule has 2 rings (SSSR count). The molecule has 0 bridgehead atoms. The molecule has 11 heavy (non-hydrogen) atoms. The lowest BCUT2D eigenvalue weighted by Crippen LogP contribution is -2.38. The van der Waals surface area contributed by atoms with Crippen LogP contribution in [0.25, 0.3) is 0 Å². The van der Waals surface area contributed by atoms with Gasteiger partial charge in [-0.2, -0.15) is 0 Å². The number of nitrogens with zero attached hydrogens (tertiary/aromatic N) is 1. The average Bonchev–Trinajstić information content (AvgIpc) is 2.45. The number of ether oxygens (including phenoxy) is 1. The van der Waals surface area contributed by atoms with Crippen molar-refractivity contribution in [1.29, 1.82) is 0 Å². The molecule has 64 valence electrons. The van der Waals surface area contributed by atoms with Gasteiger partial charge in [0.15, 0.2) is 0 Å². The summed E-state index contributed by atoms with van der Waals surface area (Å²) in [5.41, 5.74) is 0.590. The minimum absolute atomic E-state index is 0.590. The van der Waals surface area contributed by atoms with Crippen molar-refractivity contribution in [1.82, 2.24) is 4.90 Å². The number of rotatable bonds is 0. The van der Waals surface area contributed by atoms with E-state index in [1.165, 1.54) is 32.4 Å². The van der Waals surface area contributed by atoms with Crippen LogP contribution in [0.3, 0.4) is 0 Å². The van der Waals surface area contributed by atoms with E-state index in [0.717, 1.165) is 13.2 Å². The molecule has 0 unspecified atom stereocenters. The van der Waals surface area contributed by atoms with Crippen LogP contribution >= 0.6 is 0 Å². The van der Waals surface area contributed by atoms with Gasteiger partial charge >= 0.3 is 0 Å². The monoisotopic (exact) mass is 155 g/mol. The zero-order valence-corrected chi connectivity index (χ0v) is 7.31. The first kappa shape index (κ1) is 7.56. The van der Waals surface area contributed by atoms with Gasteiger partial charge in [-0.3, -0.25) is 0 Å². The summed E-state index contributed by atoms with van der Waals surface area (Å²) >= 11 is 0. The molecule has 0 aromatic heterocycles. The lowest BCUT2D eigenvalue weighted by atomic mass is 9.78. The molecule has 0 atom stereocenters. The van der Waals surface area contributed by atoms with Gasteiger partial charge in [-0.05, 0) is 44.8 Å². The Labute approximate surface area is 68.5 Å². The number of hydrogen-bond acceptors (Lipinski definition) is 2. The molecule has 2 fully saturated rings. The summed E-state index contributed by atoms with van der Waals surface area (Å²) in [7, 11) is 2.21. The van der Waals surface area contributed by atoms with Crippen molar-refractivity contribution in [3.8, 4) is 0 Å². The van der Waals surface area contributed by atoms with Crippen molar-refractivity contribution in [2.45, 2.75) is 19.3 Å². The van der Waals surface area contributed by atoms with E-state index < -0.39 is 0 Å². The van der Waals surface area contributed by atoms with Crippen LogP contribution in [0.1, 0.15) is 19.3 Å². The Kier molecular flexibility index (Phi) is 1.90. The fourth-order valence-electron chi connectivity index (χ4n) is 2.14. The SMILES string of the molecule is CN1CCC2(CCOC2)CC1.